The molecule has 0 saturated heterocycles. The van der Waals surface area contributed by atoms with Crippen LogP contribution in [0, 0.1) is 5.92 Å². The summed E-state index contributed by atoms with van der Waals surface area (Å²) >= 11 is 0. The van der Waals surface area contributed by atoms with Gasteiger partial charge in [0.15, 0.2) is 11.4 Å². The molecular weight excluding hydrogens is 276 g/mol. The average molecular weight is 303 g/mol. The minimum Gasteiger partial charge on any atom is -0.481 e. The van der Waals surface area contributed by atoms with E-state index in [1.54, 1.807) is 35.0 Å². The summed E-state index contributed by atoms with van der Waals surface area (Å²) in [5.41, 5.74) is -2.03. The molecule has 7 heteroatoms. The highest BCUT2D eigenvalue weighted by Crippen LogP contribution is 2.21. The van der Waals surface area contributed by atoms with E-state index in [0.717, 1.165) is 0 Å². The lowest BCUT2D eigenvalue weighted by atomic mass is 9.84. The second-order valence-electron chi connectivity index (χ2n) is 6.84. The number of nitrogens with zero attached hydrogens (tertiary/aromatic N) is 1. The topological polar surface area (TPSA) is 104 Å². The van der Waals surface area contributed by atoms with Crippen LogP contribution in [0.4, 0.5) is 0 Å². The van der Waals surface area contributed by atoms with E-state index in [-0.39, 0.29) is 16.9 Å². The number of ketones is 1. The predicted molar refractivity (Wildman–Crippen MR) is 77.6 cm³/mol. The van der Waals surface area contributed by atoms with Gasteiger partial charge >= 0.3 is 5.97 Å². The van der Waals surface area contributed by atoms with E-state index in [4.69, 9.17) is 5.11 Å². The third-order valence-corrected chi connectivity index (χ3v) is 2.95. The Morgan fingerprint density at radius 3 is 1.95 bits per heavy atom. The van der Waals surface area contributed by atoms with Gasteiger partial charge in [-0.15, -0.1) is 0 Å². The van der Waals surface area contributed by atoms with Crippen molar-refractivity contribution in [2.75, 3.05) is 27.7 Å². The van der Waals surface area contributed by atoms with Gasteiger partial charge in [0.25, 0.3) is 0 Å². The fourth-order valence-electron chi connectivity index (χ4n) is 2.30. The molecule has 0 radical (unpaired) electrons. The Morgan fingerprint density at radius 1 is 1.19 bits per heavy atom. The van der Waals surface area contributed by atoms with Crippen LogP contribution < -0.4 is 5.32 Å². The Labute approximate surface area is 125 Å². The monoisotopic (exact) mass is 303 g/mol. The zero-order valence-electron chi connectivity index (χ0n) is 13.6. The molecule has 1 unspecified atom stereocenters. The van der Waals surface area contributed by atoms with Crippen molar-refractivity contribution >= 4 is 17.7 Å². The Morgan fingerprint density at radius 2 is 1.67 bits per heavy atom. The number of aliphatic carboxylic acids is 1. The number of carboxylic acid groups (broad SMARTS) is 1. The molecule has 0 saturated carbocycles. The van der Waals surface area contributed by atoms with E-state index in [1.807, 2.05) is 0 Å². The van der Waals surface area contributed by atoms with Gasteiger partial charge in [0.2, 0.25) is 5.91 Å². The van der Waals surface area contributed by atoms with E-state index in [0.29, 0.717) is 0 Å². The number of carbonyl (C=O) groups is 3. The number of quaternary nitrogens is 1. The number of aliphatic hydroxyl groups is 1. The lowest BCUT2D eigenvalue weighted by Crippen LogP contribution is -2.61. The average Bonchev–Trinajstić information content (AvgIpc) is 2.20. The van der Waals surface area contributed by atoms with Crippen LogP contribution >= 0.6 is 0 Å². The standard InChI is InChI=1S/C14H26N2O5/c1-9(2)12(15-10(3)17)13(20)14(21,7-11(18)19)8-16(4,5)6/h9,12,21H,7-8H2,1-6H3,(H-,15,17,18,19)/p+1/t12-,14?/m0/s1. The molecule has 1 amide bonds. The van der Waals surface area contributed by atoms with Crippen LogP contribution in [0.2, 0.25) is 0 Å². The van der Waals surface area contributed by atoms with Crippen molar-refractivity contribution in [1.82, 2.24) is 5.32 Å². The Hall–Kier alpha value is -1.47. The second-order valence-corrected chi connectivity index (χ2v) is 6.84. The number of carboxylic acids is 1. The maximum Gasteiger partial charge on any atom is 0.306 e. The Kier molecular flexibility index (Phi) is 6.51. The van der Waals surface area contributed by atoms with Crippen LogP contribution in [-0.2, 0) is 14.4 Å². The molecule has 0 rings (SSSR count). The Balaban J connectivity index is 5.52. The number of Topliss-reactive ketones (excluding diaryl/α,β-unsaturated/α-hetero) is 1. The first-order valence-electron chi connectivity index (χ1n) is 6.84. The number of carbonyl (C=O) groups excluding carboxylic acids is 2. The molecule has 0 bridgehead atoms. The van der Waals surface area contributed by atoms with Gasteiger partial charge in [-0.25, -0.2) is 0 Å². The van der Waals surface area contributed by atoms with E-state index in [1.165, 1.54) is 6.92 Å². The van der Waals surface area contributed by atoms with Gasteiger partial charge in [0.05, 0.1) is 33.6 Å². The maximum atomic E-state index is 12.6. The fourth-order valence-corrected chi connectivity index (χ4v) is 2.30. The molecule has 0 heterocycles. The van der Waals surface area contributed by atoms with Crippen LogP contribution in [0.15, 0.2) is 0 Å². The van der Waals surface area contributed by atoms with Gasteiger partial charge in [-0.05, 0) is 5.92 Å². The molecule has 0 fully saturated rings. The van der Waals surface area contributed by atoms with E-state index in [2.05, 4.69) is 5.32 Å². The van der Waals surface area contributed by atoms with Crippen molar-refractivity contribution in [2.24, 2.45) is 5.92 Å². The highest BCUT2D eigenvalue weighted by Gasteiger charge is 2.47. The second kappa shape index (κ2) is 7.00. The number of nitrogens with one attached hydrogen (secondary N) is 1. The van der Waals surface area contributed by atoms with Crippen molar-refractivity contribution in [1.29, 1.82) is 0 Å². The first kappa shape index (κ1) is 19.5. The molecule has 122 valence electrons. The molecule has 2 atom stereocenters. The van der Waals surface area contributed by atoms with Crippen molar-refractivity contribution in [3.63, 3.8) is 0 Å². The molecule has 0 aliphatic heterocycles. The lowest BCUT2D eigenvalue weighted by Gasteiger charge is -2.36. The highest BCUT2D eigenvalue weighted by molar-refractivity contribution is 5.97. The summed E-state index contributed by atoms with van der Waals surface area (Å²) < 4.78 is 0.223. The van der Waals surface area contributed by atoms with Crippen molar-refractivity contribution in [3.05, 3.63) is 0 Å². The highest BCUT2D eigenvalue weighted by atomic mass is 16.4. The number of hydrogen-bond acceptors (Lipinski definition) is 4. The molecule has 21 heavy (non-hydrogen) atoms. The summed E-state index contributed by atoms with van der Waals surface area (Å²) in [5.74, 6) is -2.58. The van der Waals surface area contributed by atoms with Gasteiger partial charge in [0, 0.05) is 6.92 Å². The number of rotatable bonds is 8. The van der Waals surface area contributed by atoms with Crippen LogP contribution in [0.3, 0.4) is 0 Å². The molecule has 0 spiro atoms. The van der Waals surface area contributed by atoms with Gasteiger partial charge < -0.3 is 20.0 Å². The van der Waals surface area contributed by atoms with E-state index >= 15 is 0 Å². The third kappa shape index (κ3) is 6.68. The van der Waals surface area contributed by atoms with Crippen LogP contribution in [0.5, 0.6) is 0 Å². The summed E-state index contributed by atoms with van der Waals surface area (Å²) in [6.07, 6.45) is -0.690. The minimum absolute atomic E-state index is 0.0546. The van der Waals surface area contributed by atoms with Crippen LogP contribution in [0.25, 0.3) is 0 Å². The first-order valence-corrected chi connectivity index (χ1v) is 6.84. The molecule has 0 aliphatic rings. The van der Waals surface area contributed by atoms with Crippen LogP contribution in [0.1, 0.15) is 27.2 Å². The van der Waals surface area contributed by atoms with Gasteiger partial charge in [-0.1, -0.05) is 13.8 Å². The molecule has 0 aromatic rings. The number of likely N-dealkylation sites (N-methyl/N-ethyl adjacent to an activating group) is 1. The minimum atomic E-state index is -2.03. The maximum absolute atomic E-state index is 12.6. The predicted octanol–water partition coefficient (Wildman–Crippen LogP) is -0.372. The smallest absolute Gasteiger partial charge is 0.306 e. The first-order chi connectivity index (χ1) is 9.28. The number of hydrogen-bond donors (Lipinski definition) is 3. The normalized spacial score (nSPS) is 16.2. The molecule has 3 N–H and O–H groups in total. The summed E-state index contributed by atoms with van der Waals surface area (Å²) in [6.45, 7) is 4.68. The molecular formula is C14H27N2O5+. The summed E-state index contributed by atoms with van der Waals surface area (Å²) in [5, 5.41) is 22.1. The van der Waals surface area contributed by atoms with Crippen molar-refractivity contribution in [2.45, 2.75) is 38.8 Å². The van der Waals surface area contributed by atoms with Gasteiger partial charge in [0.1, 0.15) is 6.54 Å². The molecule has 0 aromatic carbocycles. The van der Waals surface area contributed by atoms with Gasteiger partial charge in [-0.2, -0.15) is 0 Å². The fraction of sp³-hybridized carbons (Fsp3) is 0.786. The zero-order chi connectivity index (χ0) is 17.0. The molecule has 7 nitrogen and oxygen atoms in total. The van der Waals surface area contributed by atoms with Crippen LogP contribution in [-0.4, -0.2) is 71.7 Å². The van der Waals surface area contributed by atoms with Crippen molar-refractivity contribution < 1.29 is 29.1 Å². The molecule has 0 aliphatic carbocycles. The Bertz CT molecular complexity index is 414. The third-order valence-electron chi connectivity index (χ3n) is 2.95. The van der Waals surface area contributed by atoms with E-state index in [9.17, 15) is 19.5 Å². The zero-order valence-corrected chi connectivity index (χ0v) is 13.6. The summed E-state index contributed by atoms with van der Waals surface area (Å²) in [4.78, 5) is 34.9. The molecule has 0 aromatic heterocycles. The lowest BCUT2D eigenvalue weighted by molar-refractivity contribution is -0.875. The number of amides is 1. The summed E-state index contributed by atoms with van der Waals surface area (Å²) in [7, 11) is 5.26. The largest absolute Gasteiger partial charge is 0.481 e. The van der Waals surface area contributed by atoms with E-state index < -0.39 is 35.7 Å². The summed E-state index contributed by atoms with van der Waals surface area (Å²) in [6, 6.07) is -0.918. The SMILES string of the molecule is CC(=O)N[C@H](C(=O)C(O)(CC(=O)O)C[N+](C)(C)C)C(C)C. The quantitative estimate of drug-likeness (QED) is 0.531. The van der Waals surface area contributed by atoms with Gasteiger partial charge in [-0.3, -0.25) is 14.4 Å². The van der Waals surface area contributed by atoms with Crippen molar-refractivity contribution in [3.8, 4) is 0 Å².